The lowest BCUT2D eigenvalue weighted by Gasteiger charge is -2.23. The predicted molar refractivity (Wildman–Crippen MR) is 106 cm³/mol. The van der Waals surface area contributed by atoms with Gasteiger partial charge in [-0.15, -0.1) is 0 Å². The Hall–Kier alpha value is -2.30. The highest BCUT2D eigenvalue weighted by atomic mass is 15.3. The molecule has 129 valence electrons. The molecule has 5 heteroatoms. The zero-order valence-electron chi connectivity index (χ0n) is 16.0. The van der Waals surface area contributed by atoms with Crippen molar-refractivity contribution in [3.8, 4) is 0 Å². The van der Waals surface area contributed by atoms with Crippen LogP contribution in [0.25, 0.3) is 0 Å². The molecular formula is C20H26BN4. The summed E-state index contributed by atoms with van der Waals surface area (Å²) in [6, 6.07) is 8.44. The van der Waals surface area contributed by atoms with Crippen LogP contribution in [0.2, 0.25) is 0 Å². The molecule has 0 saturated heterocycles. The summed E-state index contributed by atoms with van der Waals surface area (Å²) in [5, 5.41) is 0. The van der Waals surface area contributed by atoms with Crippen LogP contribution in [0.15, 0.2) is 49.1 Å². The second-order valence-electron chi connectivity index (χ2n) is 8.53. The van der Waals surface area contributed by atoms with E-state index in [1.807, 2.05) is 42.0 Å². The molecular weight excluding hydrogens is 307 g/mol. The minimum Gasteiger partial charge on any atom is -0.358 e. The Morgan fingerprint density at radius 1 is 0.720 bits per heavy atom. The summed E-state index contributed by atoms with van der Waals surface area (Å²) in [6.45, 7) is 13.3. The van der Waals surface area contributed by atoms with Crippen LogP contribution >= 0.6 is 0 Å². The average Bonchev–Trinajstić information content (AvgIpc) is 3.04. The molecule has 25 heavy (non-hydrogen) atoms. The van der Waals surface area contributed by atoms with Crippen LogP contribution in [-0.4, -0.2) is 17.5 Å². The van der Waals surface area contributed by atoms with Crippen LogP contribution in [0.3, 0.4) is 0 Å². The van der Waals surface area contributed by atoms with E-state index in [1.165, 1.54) is 11.1 Å². The van der Waals surface area contributed by atoms with E-state index in [0.29, 0.717) is 0 Å². The predicted octanol–water partition coefficient (Wildman–Crippen LogP) is 4.40. The monoisotopic (exact) mass is 333 g/mol. The van der Waals surface area contributed by atoms with Gasteiger partial charge in [0.15, 0.2) is 0 Å². The molecule has 2 aromatic heterocycles. The van der Waals surface area contributed by atoms with E-state index in [2.05, 4.69) is 75.8 Å². The average molecular weight is 333 g/mol. The molecule has 3 heterocycles. The summed E-state index contributed by atoms with van der Waals surface area (Å²) < 4.78 is 0. The third-order valence-corrected chi connectivity index (χ3v) is 4.39. The Balaban J connectivity index is 1.80. The summed E-state index contributed by atoms with van der Waals surface area (Å²) in [5.74, 6) is 1.83. The third kappa shape index (κ3) is 3.86. The van der Waals surface area contributed by atoms with Crippen molar-refractivity contribution >= 4 is 19.2 Å². The molecule has 0 fully saturated rings. The fraction of sp³-hybridized carbons (Fsp3) is 0.400. The van der Waals surface area contributed by atoms with Gasteiger partial charge >= 0.3 is 7.55 Å². The summed E-state index contributed by atoms with van der Waals surface area (Å²) in [4.78, 5) is 13.1. The molecule has 0 spiro atoms. The molecule has 0 atom stereocenters. The fourth-order valence-corrected chi connectivity index (χ4v) is 2.68. The molecule has 0 bridgehead atoms. The molecule has 0 unspecified atom stereocenters. The second kappa shape index (κ2) is 6.21. The lowest BCUT2D eigenvalue weighted by molar-refractivity contribution is 0.589. The van der Waals surface area contributed by atoms with Gasteiger partial charge < -0.3 is 9.62 Å². The van der Waals surface area contributed by atoms with E-state index in [4.69, 9.17) is 0 Å². The van der Waals surface area contributed by atoms with Crippen LogP contribution in [0.5, 0.6) is 0 Å². The molecule has 1 aliphatic rings. The molecule has 1 aliphatic heterocycles. The lowest BCUT2D eigenvalue weighted by atomic mass is 9.87. The summed E-state index contributed by atoms with van der Waals surface area (Å²) >= 11 is 0. The standard InChI is InChI=1S/C20H26BN4/c1-19(2,3)15-7-9-22-17(13-15)24-11-12-25(21-24)18-14-16(8-10-23-18)20(4,5)6/h7-14H,1-6H3. The molecule has 2 aromatic rings. The fourth-order valence-electron chi connectivity index (χ4n) is 2.68. The highest BCUT2D eigenvalue weighted by molar-refractivity contribution is 6.49. The van der Waals surface area contributed by atoms with Gasteiger partial charge in [-0.2, -0.15) is 0 Å². The normalized spacial score (nSPS) is 14.8. The number of rotatable bonds is 2. The Labute approximate surface area is 151 Å². The highest BCUT2D eigenvalue weighted by Gasteiger charge is 2.23. The highest BCUT2D eigenvalue weighted by Crippen LogP contribution is 2.28. The maximum atomic E-state index is 4.52. The van der Waals surface area contributed by atoms with Crippen LogP contribution < -0.4 is 9.62 Å². The second-order valence-corrected chi connectivity index (χ2v) is 8.53. The van der Waals surface area contributed by atoms with Crippen molar-refractivity contribution in [3.63, 3.8) is 0 Å². The molecule has 3 rings (SSSR count). The van der Waals surface area contributed by atoms with E-state index in [-0.39, 0.29) is 10.8 Å². The Bertz CT molecular complexity index is 721. The van der Waals surface area contributed by atoms with Gasteiger partial charge in [0.1, 0.15) is 11.6 Å². The zero-order chi connectivity index (χ0) is 18.2. The van der Waals surface area contributed by atoms with E-state index in [1.54, 1.807) is 0 Å². The van der Waals surface area contributed by atoms with Gasteiger partial charge in [0.25, 0.3) is 0 Å². The largest absolute Gasteiger partial charge is 0.402 e. The number of pyridine rings is 2. The summed E-state index contributed by atoms with van der Waals surface area (Å²) in [6.07, 6.45) is 7.78. The quantitative estimate of drug-likeness (QED) is 0.763. The minimum absolute atomic E-state index is 0.101. The van der Waals surface area contributed by atoms with Crippen LogP contribution in [-0.2, 0) is 10.8 Å². The first kappa shape index (κ1) is 17.5. The van der Waals surface area contributed by atoms with Crippen molar-refractivity contribution in [2.75, 3.05) is 9.62 Å². The van der Waals surface area contributed by atoms with Gasteiger partial charge in [0.05, 0.1) is 0 Å². The Morgan fingerprint density at radius 2 is 1.12 bits per heavy atom. The van der Waals surface area contributed by atoms with E-state index < -0.39 is 0 Å². The molecule has 0 amide bonds. The van der Waals surface area contributed by atoms with Crippen molar-refractivity contribution in [1.82, 2.24) is 9.97 Å². The molecule has 1 radical (unpaired) electrons. The van der Waals surface area contributed by atoms with Crippen LogP contribution in [0.1, 0.15) is 52.7 Å². The van der Waals surface area contributed by atoms with E-state index in [9.17, 15) is 0 Å². The summed E-state index contributed by atoms with van der Waals surface area (Å²) in [7, 11) is 2.02. The van der Waals surface area contributed by atoms with Crippen molar-refractivity contribution in [1.29, 1.82) is 0 Å². The first-order chi connectivity index (χ1) is 11.6. The number of anilines is 2. The number of hydrogen-bond acceptors (Lipinski definition) is 4. The SMILES string of the molecule is CC(C)(C)c1ccnc(N2[B]N(c3cc(C(C)(C)C)ccn3)C=C2)c1. The van der Waals surface area contributed by atoms with Crippen molar-refractivity contribution in [2.24, 2.45) is 0 Å². The van der Waals surface area contributed by atoms with Gasteiger partial charge in [0.2, 0.25) is 0 Å². The lowest BCUT2D eigenvalue weighted by Crippen LogP contribution is -2.30. The first-order valence-electron chi connectivity index (χ1n) is 8.68. The van der Waals surface area contributed by atoms with Crippen molar-refractivity contribution < 1.29 is 0 Å². The topological polar surface area (TPSA) is 32.3 Å². The van der Waals surface area contributed by atoms with Gasteiger partial charge in [-0.1, -0.05) is 41.5 Å². The zero-order valence-corrected chi connectivity index (χ0v) is 16.0. The molecule has 4 nitrogen and oxygen atoms in total. The van der Waals surface area contributed by atoms with Crippen molar-refractivity contribution in [2.45, 2.75) is 52.4 Å². The Kier molecular flexibility index (Phi) is 4.35. The third-order valence-electron chi connectivity index (χ3n) is 4.39. The molecule has 0 saturated carbocycles. The van der Waals surface area contributed by atoms with Gasteiger partial charge in [-0.05, 0) is 46.2 Å². The van der Waals surface area contributed by atoms with Gasteiger partial charge in [0, 0.05) is 24.8 Å². The van der Waals surface area contributed by atoms with E-state index >= 15 is 0 Å². The molecule has 0 aromatic carbocycles. The van der Waals surface area contributed by atoms with Crippen LogP contribution in [0, 0.1) is 0 Å². The summed E-state index contributed by atoms with van der Waals surface area (Å²) in [5.41, 5.74) is 2.74. The first-order valence-corrected chi connectivity index (χ1v) is 8.68. The molecule has 0 N–H and O–H groups in total. The smallest absolute Gasteiger partial charge is 0.358 e. The number of hydrogen-bond donors (Lipinski definition) is 0. The number of nitrogens with zero attached hydrogens (tertiary/aromatic N) is 4. The maximum Gasteiger partial charge on any atom is 0.402 e. The van der Waals surface area contributed by atoms with Crippen molar-refractivity contribution in [3.05, 3.63) is 60.2 Å². The maximum absolute atomic E-state index is 4.52. The van der Waals surface area contributed by atoms with Gasteiger partial charge in [-0.3, -0.25) is 0 Å². The van der Waals surface area contributed by atoms with Crippen LogP contribution in [0.4, 0.5) is 11.6 Å². The minimum atomic E-state index is 0.101. The van der Waals surface area contributed by atoms with Gasteiger partial charge in [-0.25, -0.2) is 9.97 Å². The Morgan fingerprint density at radius 3 is 1.48 bits per heavy atom. The van der Waals surface area contributed by atoms with E-state index in [0.717, 1.165) is 11.6 Å². The molecule has 0 aliphatic carbocycles. The number of aromatic nitrogens is 2.